The summed E-state index contributed by atoms with van der Waals surface area (Å²) in [5, 5.41) is 1.35. The third-order valence-electron chi connectivity index (χ3n) is 4.37. The number of halogens is 7. The molecule has 0 saturated carbocycles. The summed E-state index contributed by atoms with van der Waals surface area (Å²) in [4.78, 5) is 23.6. The lowest BCUT2D eigenvalue weighted by Gasteiger charge is -2.26. The van der Waals surface area contributed by atoms with Gasteiger partial charge in [-0.2, -0.15) is 30.7 Å². The molecule has 2 nitrogen and oxygen atoms in total. The maximum Gasteiger partial charge on any atom is 0.460 e. The number of Topliss-reactive ketones (excluding diaryl/α,β-unsaturated/α-hetero) is 2. The third kappa shape index (κ3) is 3.50. The van der Waals surface area contributed by atoms with Crippen molar-refractivity contribution in [2.45, 2.75) is 31.4 Å². The number of carbonyl (C=O) groups excluding carboxylic acids is 2. The fourth-order valence-corrected chi connectivity index (χ4v) is 3.84. The highest BCUT2D eigenvalue weighted by Crippen LogP contribution is 2.47. The molecule has 3 rings (SSSR count). The Morgan fingerprint density at radius 2 is 1.41 bits per heavy atom. The van der Waals surface area contributed by atoms with Crippen LogP contribution in [0.2, 0.25) is 0 Å². The Hall–Kier alpha value is -2.49. The molecule has 0 fully saturated rings. The van der Waals surface area contributed by atoms with Gasteiger partial charge >= 0.3 is 18.0 Å². The van der Waals surface area contributed by atoms with E-state index in [2.05, 4.69) is 0 Å². The summed E-state index contributed by atoms with van der Waals surface area (Å²) in [6.45, 7) is 1.83. The first kappa shape index (κ1) is 21.2. The van der Waals surface area contributed by atoms with Crippen LogP contribution < -0.4 is 0 Å². The fourth-order valence-electron chi connectivity index (χ4n) is 2.78. The number of carbonyl (C=O) groups is 2. The van der Waals surface area contributed by atoms with E-state index in [9.17, 15) is 40.3 Å². The van der Waals surface area contributed by atoms with E-state index in [4.69, 9.17) is 0 Å². The van der Waals surface area contributed by atoms with Crippen LogP contribution in [0.15, 0.2) is 36.4 Å². The monoisotopic (exact) mass is 436 g/mol. The molecule has 0 bridgehead atoms. The highest BCUT2D eigenvalue weighted by molar-refractivity contribution is 7.25. The van der Waals surface area contributed by atoms with E-state index in [1.54, 1.807) is 0 Å². The molecule has 0 aliphatic rings. The normalized spacial score (nSPS) is 13.2. The van der Waals surface area contributed by atoms with E-state index >= 15 is 0 Å². The molecule has 0 saturated heterocycles. The molecule has 3 aromatic rings. The van der Waals surface area contributed by atoms with Gasteiger partial charge in [0, 0.05) is 25.7 Å². The molecule has 154 valence electrons. The van der Waals surface area contributed by atoms with E-state index in [0.29, 0.717) is 5.39 Å². The Labute approximate surface area is 162 Å². The fraction of sp³-hybridized carbons (Fsp3) is 0.263. The predicted molar refractivity (Wildman–Crippen MR) is 94.0 cm³/mol. The molecule has 2 aromatic carbocycles. The van der Waals surface area contributed by atoms with Crippen molar-refractivity contribution < 1.29 is 40.3 Å². The lowest BCUT2D eigenvalue weighted by molar-refractivity contribution is -0.343. The summed E-state index contributed by atoms with van der Waals surface area (Å²) in [5.41, 5.74) is 0.677. The molecule has 0 spiro atoms. The number of ketones is 2. The Morgan fingerprint density at radius 1 is 0.862 bits per heavy atom. The SMILES string of the molecule is Cc1ccc2sc3ccc(C(=O)CC(=O)C(F)(F)C(F)(F)C(F)(F)F)cc3c2c1. The van der Waals surface area contributed by atoms with Gasteiger partial charge in [0.25, 0.3) is 0 Å². The summed E-state index contributed by atoms with van der Waals surface area (Å²) < 4.78 is 91.1. The number of benzene rings is 2. The van der Waals surface area contributed by atoms with Gasteiger partial charge in [-0.05, 0) is 37.3 Å². The molecule has 29 heavy (non-hydrogen) atoms. The highest BCUT2D eigenvalue weighted by atomic mass is 32.1. The minimum Gasteiger partial charge on any atom is -0.294 e. The summed E-state index contributed by atoms with van der Waals surface area (Å²) in [7, 11) is 0. The summed E-state index contributed by atoms with van der Waals surface area (Å²) >= 11 is 1.39. The van der Waals surface area contributed by atoms with Gasteiger partial charge in [0.15, 0.2) is 5.78 Å². The zero-order valence-corrected chi connectivity index (χ0v) is 15.4. The van der Waals surface area contributed by atoms with Crippen molar-refractivity contribution in [1.82, 2.24) is 0 Å². The van der Waals surface area contributed by atoms with Gasteiger partial charge in [-0.3, -0.25) is 9.59 Å². The molecular formula is C19H11F7O2S. The number of hydrogen-bond acceptors (Lipinski definition) is 3. The van der Waals surface area contributed by atoms with Gasteiger partial charge in [-0.15, -0.1) is 11.3 Å². The molecule has 1 aromatic heterocycles. The smallest absolute Gasteiger partial charge is 0.294 e. The Balaban J connectivity index is 1.92. The van der Waals surface area contributed by atoms with Gasteiger partial charge in [0.05, 0.1) is 6.42 Å². The molecular weight excluding hydrogens is 425 g/mol. The second kappa shape index (κ2) is 6.79. The second-order valence-electron chi connectivity index (χ2n) is 6.48. The second-order valence-corrected chi connectivity index (χ2v) is 7.57. The maximum absolute atomic E-state index is 13.5. The van der Waals surface area contributed by atoms with Crippen LogP contribution in [0.4, 0.5) is 30.7 Å². The highest BCUT2D eigenvalue weighted by Gasteiger charge is 2.75. The average molecular weight is 436 g/mol. The number of hydrogen-bond donors (Lipinski definition) is 0. The number of fused-ring (bicyclic) bond motifs is 3. The Bertz CT molecular complexity index is 1130. The molecule has 10 heteroatoms. The van der Waals surface area contributed by atoms with Crippen molar-refractivity contribution in [3.8, 4) is 0 Å². The van der Waals surface area contributed by atoms with Crippen molar-refractivity contribution in [3.63, 3.8) is 0 Å². The van der Waals surface area contributed by atoms with Crippen LogP contribution in [0.5, 0.6) is 0 Å². The summed E-state index contributed by atoms with van der Waals surface area (Å²) in [6, 6.07) is 9.55. The van der Waals surface area contributed by atoms with Crippen molar-refractivity contribution in [2.24, 2.45) is 0 Å². The lowest BCUT2D eigenvalue weighted by Crippen LogP contribution is -2.56. The van der Waals surface area contributed by atoms with Crippen LogP contribution in [0.25, 0.3) is 20.2 Å². The first-order chi connectivity index (χ1) is 13.3. The van der Waals surface area contributed by atoms with Crippen LogP contribution >= 0.6 is 11.3 Å². The molecule has 0 aliphatic heterocycles. The van der Waals surface area contributed by atoms with E-state index < -0.39 is 36.0 Å². The van der Waals surface area contributed by atoms with E-state index in [1.165, 1.54) is 29.5 Å². The van der Waals surface area contributed by atoms with Crippen LogP contribution in [-0.2, 0) is 4.79 Å². The molecule has 0 radical (unpaired) electrons. The number of aryl methyl sites for hydroxylation is 1. The quantitative estimate of drug-likeness (QED) is 0.266. The number of alkyl halides is 7. The largest absolute Gasteiger partial charge is 0.460 e. The zero-order chi connectivity index (χ0) is 21.8. The van der Waals surface area contributed by atoms with E-state index in [-0.39, 0.29) is 5.56 Å². The standard InChI is InChI=1S/C19H11F7O2S/c1-9-2-4-14-11(6-9)12-7-10(3-5-15(12)29-14)13(27)8-16(28)17(20,21)18(22,23)19(24,25)26/h2-7H,8H2,1H3. The molecule has 1 heterocycles. The van der Waals surface area contributed by atoms with Gasteiger partial charge < -0.3 is 0 Å². The van der Waals surface area contributed by atoms with Gasteiger partial charge in [0.1, 0.15) is 0 Å². The third-order valence-corrected chi connectivity index (χ3v) is 5.52. The Morgan fingerprint density at radius 3 is 2.00 bits per heavy atom. The molecule has 0 N–H and O–H groups in total. The van der Waals surface area contributed by atoms with E-state index in [0.717, 1.165) is 20.3 Å². The topological polar surface area (TPSA) is 34.1 Å². The van der Waals surface area contributed by atoms with Crippen LogP contribution in [0.3, 0.4) is 0 Å². The van der Waals surface area contributed by atoms with Crippen LogP contribution in [0.1, 0.15) is 22.3 Å². The number of rotatable bonds is 5. The van der Waals surface area contributed by atoms with Crippen molar-refractivity contribution in [3.05, 3.63) is 47.5 Å². The maximum atomic E-state index is 13.5. The zero-order valence-electron chi connectivity index (χ0n) is 14.5. The Kier molecular flexibility index (Phi) is 4.97. The summed E-state index contributed by atoms with van der Waals surface area (Å²) in [6.07, 6.45) is -8.42. The van der Waals surface area contributed by atoms with E-state index in [1.807, 2.05) is 25.1 Å². The van der Waals surface area contributed by atoms with Gasteiger partial charge in [0.2, 0.25) is 5.78 Å². The predicted octanol–water partition coefficient (Wildman–Crippen LogP) is 6.34. The minimum atomic E-state index is -6.64. The summed E-state index contributed by atoms with van der Waals surface area (Å²) in [5.74, 6) is -16.7. The average Bonchev–Trinajstić information content (AvgIpc) is 2.97. The minimum absolute atomic E-state index is 0.238. The first-order valence-electron chi connectivity index (χ1n) is 8.07. The van der Waals surface area contributed by atoms with Gasteiger partial charge in [-0.25, -0.2) is 0 Å². The van der Waals surface area contributed by atoms with Crippen molar-refractivity contribution in [2.75, 3.05) is 0 Å². The van der Waals surface area contributed by atoms with Crippen molar-refractivity contribution in [1.29, 1.82) is 0 Å². The molecule has 0 atom stereocenters. The van der Waals surface area contributed by atoms with Crippen molar-refractivity contribution >= 4 is 43.1 Å². The number of thiophene rings is 1. The first-order valence-corrected chi connectivity index (χ1v) is 8.89. The van der Waals surface area contributed by atoms with Crippen LogP contribution in [0, 0.1) is 6.92 Å². The van der Waals surface area contributed by atoms with Crippen LogP contribution in [-0.4, -0.2) is 29.6 Å². The molecule has 0 amide bonds. The molecule has 0 aliphatic carbocycles. The molecule has 0 unspecified atom stereocenters. The van der Waals surface area contributed by atoms with Gasteiger partial charge in [-0.1, -0.05) is 11.6 Å². The lowest BCUT2D eigenvalue weighted by atomic mass is 9.98.